The summed E-state index contributed by atoms with van der Waals surface area (Å²) in [7, 11) is 0. The SMILES string of the molecule is CC.c1ccc(-c2cccc(-c3ccccc3)c2)cc1.c1ccc(N(c2ccccc2)c2ccccc2)cc1. The van der Waals surface area contributed by atoms with Gasteiger partial charge in [0.05, 0.1) is 0 Å². The van der Waals surface area contributed by atoms with Crippen molar-refractivity contribution in [2.45, 2.75) is 13.8 Å². The molecule has 39 heavy (non-hydrogen) atoms. The van der Waals surface area contributed by atoms with Gasteiger partial charge in [0.15, 0.2) is 0 Å². The predicted molar refractivity (Wildman–Crippen MR) is 170 cm³/mol. The second kappa shape index (κ2) is 14.8. The molecule has 6 aromatic carbocycles. The number of hydrogen-bond acceptors (Lipinski definition) is 1. The van der Waals surface area contributed by atoms with Crippen LogP contribution in [0.1, 0.15) is 13.8 Å². The molecule has 0 aromatic heterocycles. The summed E-state index contributed by atoms with van der Waals surface area (Å²) in [4.78, 5) is 2.25. The van der Waals surface area contributed by atoms with Crippen LogP contribution in [0.4, 0.5) is 17.1 Å². The van der Waals surface area contributed by atoms with Crippen molar-refractivity contribution in [3.8, 4) is 22.3 Å². The first-order valence-electron chi connectivity index (χ1n) is 13.5. The summed E-state index contributed by atoms with van der Waals surface area (Å²) < 4.78 is 0. The molecule has 1 heteroatoms. The van der Waals surface area contributed by atoms with Gasteiger partial charge in [-0.3, -0.25) is 0 Å². The summed E-state index contributed by atoms with van der Waals surface area (Å²) in [6.45, 7) is 4.00. The van der Waals surface area contributed by atoms with Gasteiger partial charge in [0.25, 0.3) is 0 Å². The van der Waals surface area contributed by atoms with Crippen LogP contribution in [0.3, 0.4) is 0 Å². The van der Waals surface area contributed by atoms with Crippen LogP contribution in [0.2, 0.25) is 0 Å². The molecule has 0 spiro atoms. The van der Waals surface area contributed by atoms with E-state index in [-0.39, 0.29) is 0 Å². The Bertz CT molecular complexity index is 1330. The quantitative estimate of drug-likeness (QED) is 0.225. The fourth-order valence-electron chi connectivity index (χ4n) is 4.32. The Hall–Kier alpha value is -4.88. The first-order valence-corrected chi connectivity index (χ1v) is 13.5. The summed E-state index contributed by atoms with van der Waals surface area (Å²) >= 11 is 0. The fourth-order valence-corrected chi connectivity index (χ4v) is 4.32. The number of anilines is 3. The van der Waals surface area contributed by atoms with Gasteiger partial charge in [-0.2, -0.15) is 0 Å². The highest BCUT2D eigenvalue weighted by Crippen LogP contribution is 2.33. The Morgan fingerprint density at radius 3 is 0.846 bits per heavy atom. The lowest BCUT2D eigenvalue weighted by atomic mass is 9.99. The molecule has 0 aliphatic heterocycles. The van der Waals surface area contributed by atoms with Gasteiger partial charge < -0.3 is 4.90 Å². The largest absolute Gasteiger partial charge is 0.311 e. The summed E-state index contributed by atoms with van der Waals surface area (Å²) in [5.41, 5.74) is 8.54. The minimum Gasteiger partial charge on any atom is -0.311 e. The Morgan fingerprint density at radius 2 is 0.538 bits per heavy atom. The van der Waals surface area contributed by atoms with Crippen molar-refractivity contribution in [2.75, 3.05) is 4.90 Å². The number of benzene rings is 6. The lowest BCUT2D eigenvalue weighted by Gasteiger charge is -2.25. The van der Waals surface area contributed by atoms with Crippen molar-refractivity contribution in [3.05, 3.63) is 176 Å². The number of rotatable bonds is 5. The van der Waals surface area contributed by atoms with Crippen molar-refractivity contribution >= 4 is 17.1 Å². The van der Waals surface area contributed by atoms with Gasteiger partial charge in [-0.05, 0) is 64.7 Å². The molecule has 0 heterocycles. The second-order valence-electron chi connectivity index (χ2n) is 8.65. The summed E-state index contributed by atoms with van der Waals surface area (Å²) in [5, 5.41) is 0. The third-order valence-corrected chi connectivity index (χ3v) is 6.12. The average Bonchev–Trinajstić information content (AvgIpc) is 3.05. The molecule has 0 radical (unpaired) electrons. The molecule has 0 saturated heterocycles. The van der Waals surface area contributed by atoms with Gasteiger partial charge in [0.1, 0.15) is 0 Å². The minimum absolute atomic E-state index is 1.17. The summed E-state index contributed by atoms with van der Waals surface area (Å²) in [6, 6.07) is 60.9. The van der Waals surface area contributed by atoms with Crippen molar-refractivity contribution < 1.29 is 0 Å². The zero-order valence-corrected chi connectivity index (χ0v) is 22.7. The highest BCUT2D eigenvalue weighted by molar-refractivity contribution is 5.76. The van der Waals surface area contributed by atoms with Crippen LogP contribution in [0, 0.1) is 0 Å². The molecule has 0 amide bonds. The monoisotopic (exact) mass is 505 g/mol. The van der Waals surface area contributed by atoms with E-state index in [1.165, 1.54) is 39.3 Å². The summed E-state index contributed by atoms with van der Waals surface area (Å²) in [5.74, 6) is 0. The van der Waals surface area contributed by atoms with Crippen LogP contribution in [-0.4, -0.2) is 0 Å². The van der Waals surface area contributed by atoms with Crippen LogP contribution >= 0.6 is 0 Å². The van der Waals surface area contributed by atoms with E-state index in [1.807, 2.05) is 44.2 Å². The van der Waals surface area contributed by atoms with Gasteiger partial charge in [-0.15, -0.1) is 0 Å². The molecule has 6 rings (SSSR count). The van der Waals surface area contributed by atoms with Gasteiger partial charge in [0.2, 0.25) is 0 Å². The molecular weight excluding hydrogens is 470 g/mol. The number of para-hydroxylation sites is 3. The van der Waals surface area contributed by atoms with Gasteiger partial charge in [-0.1, -0.05) is 147 Å². The van der Waals surface area contributed by atoms with Crippen LogP contribution in [0.25, 0.3) is 22.3 Å². The van der Waals surface area contributed by atoms with Crippen LogP contribution in [-0.2, 0) is 0 Å². The lowest BCUT2D eigenvalue weighted by Crippen LogP contribution is -2.09. The van der Waals surface area contributed by atoms with Crippen molar-refractivity contribution in [1.82, 2.24) is 0 Å². The molecule has 1 nitrogen and oxygen atoms in total. The minimum atomic E-state index is 1.17. The standard InChI is InChI=1S/C18H15N.C18H14.C2H6/c1-4-10-16(11-5-1)19(17-12-6-2-7-13-17)18-14-8-3-9-15-18;1-3-8-15(9-4-1)17-12-7-13-18(14-17)16-10-5-2-6-11-16;1-2/h1-15H;1-14H;1-2H3. The van der Waals surface area contributed by atoms with Gasteiger partial charge in [-0.25, -0.2) is 0 Å². The zero-order chi connectivity index (χ0) is 27.1. The fraction of sp³-hybridized carbons (Fsp3) is 0.0526. The number of hydrogen-bond donors (Lipinski definition) is 0. The average molecular weight is 506 g/mol. The Labute approximate surface area is 233 Å². The molecule has 0 atom stereocenters. The van der Waals surface area contributed by atoms with Crippen LogP contribution in [0.15, 0.2) is 176 Å². The number of nitrogens with zero attached hydrogens (tertiary/aromatic N) is 1. The van der Waals surface area contributed by atoms with E-state index in [0.29, 0.717) is 0 Å². The van der Waals surface area contributed by atoms with Crippen molar-refractivity contribution in [3.63, 3.8) is 0 Å². The smallest absolute Gasteiger partial charge is 0.0461 e. The van der Waals surface area contributed by atoms with E-state index < -0.39 is 0 Å². The van der Waals surface area contributed by atoms with E-state index in [2.05, 4.69) is 150 Å². The first-order chi connectivity index (χ1) is 19.4. The van der Waals surface area contributed by atoms with E-state index in [4.69, 9.17) is 0 Å². The van der Waals surface area contributed by atoms with E-state index in [0.717, 1.165) is 0 Å². The molecule has 0 aliphatic carbocycles. The maximum atomic E-state index is 2.25. The molecule has 0 aliphatic rings. The van der Waals surface area contributed by atoms with E-state index in [9.17, 15) is 0 Å². The Kier molecular flexibility index (Phi) is 10.3. The third kappa shape index (κ3) is 7.56. The van der Waals surface area contributed by atoms with Crippen molar-refractivity contribution in [2.24, 2.45) is 0 Å². The third-order valence-electron chi connectivity index (χ3n) is 6.12. The molecule has 0 bridgehead atoms. The maximum absolute atomic E-state index is 2.25. The zero-order valence-electron chi connectivity index (χ0n) is 22.7. The topological polar surface area (TPSA) is 3.24 Å². The van der Waals surface area contributed by atoms with Crippen molar-refractivity contribution in [1.29, 1.82) is 0 Å². The summed E-state index contributed by atoms with van der Waals surface area (Å²) in [6.07, 6.45) is 0. The molecule has 6 aromatic rings. The predicted octanol–water partition coefficient (Wildman–Crippen LogP) is 11.2. The lowest BCUT2D eigenvalue weighted by molar-refractivity contribution is 1.28. The van der Waals surface area contributed by atoms with Gasteiger partial charge >= 0.3 is 0 Å². The van der Waals surface area contributed by atoms with Gasteiger partial charge in [0, 0.05) is 17.1 Å². The maximum Gasteiger partial charge on any atom is 0.0461 e. The normalized spacial score (nSPS) is 9.79. The molecular formula is C38H35N. The van der Waals surface area contributed by atoms with Crippen LogP contribution in [0.5, 0.6) is 0 Å². The Morgan fingerprint density at radius 1 is 0.282 bits per heavy atom. The molecule has 0 N–H and O–H groups in total. The highest BCUT2D eigenvalue weighted by atomic mass is 15.1. The van der Waals surface area contributed by atoms with Crippen LogP contribution < -0.4 is 4.90 Å². The molecule has 0 unspecified atom stereocenters. The first kappa shape index (κ1) is 27.2. The molecule has 0 fully saturated rings. The highest BCUT2D eigenvalue weighted by Gasteiger charge is 2.10. The molecule has 192 valence electrons. The second-order valence-corrected chi connectivity index (χ2v) is 8.65. The van der Waals surface area contributed by atoms with E-state index >= 15 is 0 Å². The Balaban J connectivity index is 0.000000170. The molecule has 0 saturated carbocycles. The van der Waals surface area contributed by atoms with E-state index in [1.54, 1.807) is 0 Å².